The molecular weight excluding hydrogens is 805 g/mol. The van der Waals surface area contributed by atoms with Gasteiger partial charge >= 0.3 is 17.9 Å². The van der Waals surface area contributed by atoms with Gasteiger partial charge in [-0.1, -0.05) is 214 Å². The Morgan fingerprint density at radius 3 is 1.06 bits per heavy atom. The maximum atomic E-state index is 12.8. The van der Waals surface area contributed by atoms with Gasteiger partial charge in [0.2, 0.25) is 0 Å². The molecular formula is C59H98O6. The van der Waals surface area contributed by atoms with E-state index in [1.807, 2.05) is 6.08 Å². The van der Waals surface area contributed by atoms with Gasteiger partial charge in [0.25, 0.3) is 0 Å². The fourth-order valence-corrected chi connectivity index (χ4v) is 7.07. The molecule has 370 valence electrons. The molecule has 1 atom stereocenters. The zero-order valence-electron chi connectivity index (χ0n) is 42.2. The van der Waals surface area contributed by atoms with E-state index in [1.165, 1.54) is 103 Å². The molecule has 0 rings (SSSR count). The molecule has 1 unspecified atom stereocenters. The Hall–Kier alpha value is -3.67. The Labute approximate surface area is 400 Å². The number of rotatable bonds is 47. The van der Waals surface area contributed by atoms with Crippen LogP contribution in [0.5, 0.6) is 0 Å². The summed E-state index contributed by atoms with van der Waals surface area (Å²) < 4.78 is 16.7. The summed E-state index contributed by atoms with van der Waals surface area (Å²) in [4.78, 5) is 38.0. The first kappa shape index (κ1) is 61.3. The van der Waals surface area contributed by atoms with Gasteiger partial charge in [0.1, 0.15) is 13.2 Å². The van der Waals surface area contributed by atoms with Gasteiger partial charge in [-0.3, -0.25) is 14.4 Å². The van der Waals surface area contributed by atoms with Crippen molar-refractivity contribution in [3.05, 3.63) is 97.2 Å². The molecule has 0 aromatic heterocycles. The van der Waals surface area contributed by atoms with Crippen molar-refractivity contribution in [3.8, 4) is 0 Å². The largest absolute Gasteiger partial charge is 0.462 e. The van der Waals surface area contributed by atoms with Gasteiger partial charge in [0.05, 0.1) is 6.42 Å². The van der Waals surface area contributed by atoms with Gasteiger partial charge in [-0.05, 0) is 103 Å². The van der Waals surface area contributed by atoms with E-state index in [1.54, 1.807) is 6.08 Å². The molecule has 0 aliphatic carbocycles. The van der Waals surface area contributed by atoms with E-state index in [9.17, 15) is 14.4 Å². The van der Waals surface area contributed by atoms with E-state index < -0.39 is 12.1 Å². The van der Waals surface area contributed by atoms with Crippen LogP contribution in [0.4, 0.5) is 0 Å². The van der Waals surface area contributed by atoms with Crippen LogP contribution in [0.3, 0.4) is 0 Å². The van der Waals surface area contributed by atoms with Gasteiger partial charge in [-0.25, -0.2) is 0 Å². The van der Waals surface area contributed by atoms with Crippen molar-refractivity contribution in [2.24, 2.45) is 0 Å². The van der Waals surface area contributed by atoms with Crippen molar-refractivity contribution in [2.75, 3.05) is 13.2 Å². The lowest BCUT2D eigenvalue weighted by atomic mass is 10.1. The highest BCUT2D eigenvalue weighted by molar-refractivity contribution is 5.72. The normalized spacial score (nSPS) is 12.8. The zero-order valence-corrected chi connectivity index (χ0v) is 42.2. The molecule has 0 aliphatic heterocycles. The molecule has 0 aromatic carbocycles. The number of carbonyl (C=O) groups excluding carboxylic acids is 3. The Bertz CT molecular complexity index is 1310. The third-order valence-electron chi connectivity index (χ3n) is 11.1. The Morgan fingerprint density at radius 1 is 0.338 bits per heavy atom. The average Bonchev–Trinajstić information content (AvgIpc) is 3.30. The average molecular weight is 903 g/mol. The molecule has 65 heavy (non-hydrogen) atoms. The van der Waals surface area contributed by atoms with Crippen LogP contribution in [0.1, 0.15) is 239 Å². The maximum absolute atomic E-state index is 12.8. The fourth-order valence-electron chi connectivity index (χ4n) is 7.07. The Kier molecular flexibility index (Phi) is 50.0. The van der Waals surface area contributed by atoms with Gasteiger partial charge in [-0.2, -0.15) is 0 Å². The van der Waals surface area contributed by atoms with Gasteiger partial charge in [0.15, 0.2) is 6.10 Å². The van der Waals surface area contributed by atoms with E-state index in [0.29, 0.717) is 19.3 Å². The summed E-state index contributed by atoms with van der Waals surface area (Å²) in [6.45, 7) is 6.39. The number of ether oxygens (including phenoxy) is 3. The minimum atomic E-state index is -0.840. The quantitative estimate of drug-likeness (QED) is 0.0262. The Balaban J connectivity index is 4.53. The van der Waals surface area contributed by atoms with E-state index in [4.69, 9.17) is 14.2 Å². The summed E-state index contributed by atoms with van der Waals surface area (Å²) in [5.74, 6) is -1.07. The molecule has 0 N–H and O–H groups in total. The number of carbonyl (C=O) groups is 3. The fraction of sp³-hybridized carbons (Fsp3) is 0.678. The number of hydrogen-bond donors (Lipinski definition) is 0. The highest BCUT2D eigenvalue weighted by atomic mass is 16.6. The first-order valence-corrected chi connectivity index (χ1v) is 26.7. The van der Waals surface area contributed by atoms with Crippen molar-refractivity contribution in [1.29, 1.82) is 0 Å². The van der Waals surface area contributed by atoms with Crippen LogP contribution in [0.15, 0.2) is 97.2 Å². The Morgan fingerprint density at radius 2 is 0.646 bits per heavy atom. The topological polar surface area (TPSA) is 78.9 Å². The third-order valence-corrected chi connectivity index (χ3v) is 11.1. The predicted octanol–water partition coefficient (Wildman–Crippen LogP) is 17.8. The highest BCUT2D eigenvalue weighted by Crippen LogP contribution is 2.13. The van der Waals surface area contributed by atoms with E-state index in [-0.39, 0.29) is 31.6 Å². The lowest BCUT2D eigenvalue weighted by Crippen LogP contribution is -2.30. The second-order valence-corrected chi connectivity index (χ2v) is 17.4. The van der Waals surface area contributed by atoms with E-state index in [2.05, 4.69) is 106 Å². The summed E-state index contributed by atoms with van der Waals surface area (Å²) in [7, 11) is 0. The first-order chi connectivity index (χ1) is 32.0. The van der Waals surface area contributed by atoms with E-state index in [0.717, 1.165) is 89.9 Å². The van der Waals surface area contributed by atoms with Crippen molar-refractivity contribution >= 4 is 17.9 Å². The van der Waals surface area contributed by atoms with Gasteiger partial charge in [0, 0.05) is 12.8 Å². The maximum Gasteiger partial charge on any atom is 0.310 e. The molecule has 0 heterocycles. The summed E-state index contributed by atoms with van der Waals surface area (Å²) in [6, 6.07) is 0. The molecule has 0 saturated carbocycles. The minimum Gasteiger partial charge on any atom is -0.462 e. The monoisotopic (exact) mass is 903 g/mol. The van der Waals surface area contributed by atoms with E-state index >= 15 is 0 Å². The molecule has 0 spiro atoms. The standard InChI is InChI=1S/C59H98O6/c1-4-7-10-13-16-19-22-25-28-29-32-34-37-40-43-46-49-52-58(61)64-55-56(65-59(62)53-50-47-44-41-38-35-31-27-24-21-18-15-12-9-6-3)54-63-57(60)51-48-45-42-39-36-33-30-26-23-20-17-14-11-8-5-2/h9,12,17-18,20-21,25-28,30-31,38,41,47,50,56H,4-8,10-11,13-16,19,22-24,29,32-37,39-40,42-46,48-49,51-55H2,1-3H3/b12-9-,20-17-,21-18-,28-25-,30-26-,31-27-,41-38-,50-47-. The third kappa shape index (κ3) is 51.2. The van der Waals surface area contributed by atoms with Crippen molar-refractivity contribution in [2.45, 2.75) is 245 Å². The van der Waals surface area contributed by atoms with Crippen molar-refractivity contribution < 1.29 is 28.6 Å². The molecule has 0 amide bonds. The smallest absolute Gasteiger partial charge is 0.310 e. The number of hydrogen-bond acceptors (Lipinski definition) is 6. The van der Waals surface area contributed by atoms with Crippen LogP contribution in [0, 0.1) is 0 Å². The summed E-state index contributed by atoms with van der Waals surface area (Å²) in [5.41, 5.74) is 0. The minimum absolute atomic E-state index is 0.0911. The molecule has 0 aromatic rings. The summed E-state index contributed by atoms with van der Waals surface area (Å²) in [6.07, 6.45) is 69.9. The first-order valence-electron chi connectivity index (χ1n) is 26.7. The number of unbranched alkanes of at least 4 members (excludes halogenated alkanes) is 21. The van der Waals surface area contributed by atoms with Crippen LogP contribution in [-0.4, -0.2) is 37.2 Å². The SMILES string of the molecule is CC/C=C\C/C=C\C/C=C\C/C=C\C/C=C\CC(=O)OC(COC(=O)CCCCCCC/C=C\C/C=C\CCCCC)COC(=O)CCCCCCCCC/C=C\CCCCCCCC. The van der Waals surface area contributed by atoms with Gasteiger partial charge < -0.3 is 14.2 Å². The zero-order chi connectivity index (χ0) is 47.2. The molecule has 0 saturated heterocycles. The van der Waals surface area contributed by atoms with Gasteiger partial charge in [-0.15, -0.1) is 0 Å². The molecule has 0 fully saturated rings. The van der Waals surface area contributed by atoms with Crippen molar-refractivity contribution in [3.63, 3.8) is 0 Å². The van der Waals surface area contributed by atoms with Crippen LogP contribution < -0.4 is 0 Å². The van der Waals surface area contributed by atoms with Crippen LogP contribution in [-0.2, 0) is 28.6 Å². The predicted molar refractivity (Wildman–Crippen MR) is 279 cm³/mol. The summed E-state index contributed by atoms with van der Waals surface area (Å²) >= 11 is 0. The molecule has 0 aliphatic rings. The lowest BCUT2D eigenvalue weighted by Gasteiger charge is -2.18. The highest BCUT2D eigenvalue weighted by Gasteiger charge is 2.19. The second-order valence-electron chi connectivity index (χ2n) is 17.4. The van der Waals surface area contributed by atoms with Crippen LogP contribution in [0.25, 0.3) is 0 Å². The summed E-state index contributed by atoms with van der Waals surface area (Å²) in [5, 5.41) is 0. The second kappa shape index (κ2) is 52.9. The van der Waals surface area contributed by atoms with Crippen molar-refractivity contribution in [1.82, 2.24) is 0 Å². The number of esters is 3. The van der Waals surface area contributed by atoms with Crippen LogP contribution >= 0.6 is 0 Å². The van der Waals surface area contributed by atoms with Crippen LogP contribution in [0.2, 0.25) is 0 Å². The molecule has 0 radical (unpaired) electrons. The number of allylic oxidation sites excluding steroid dienone is 15. The molecule has 6 nitrogen and oxygen atoms in total. The lowest BCUT2D eigenvalue weighted by molar-refractivity contribution is -0.166. The molecule has 0 bridgehead atoms. The molecule has 6 heteroatoms.